The Morgan fingerprint density at radius 2 is 1.89 bits per heavy atom. The zero-order chi connectivity index (χ0) is 13.5. The SMILES string of the molecule is COCC(C)OCC(O)CN1C[C@@H](C)O[C@@H](C)C1. The second kappa shape index (κ2) is 8.07. The van der Waals surface area contributed by atoms with Gasteiger partial charge in [-0.25, -0.2) is 0 Å². The van der Waals surface area contributed by atoms with Gasteiger partial charge >= 0.3 is 0 Å². The smallest absolute Gasteiger partial charge is 0.0900 e. The maximum Gasteiger partial charge on any atom is 0.0900 e. The lowest BCUT2D eigenvalue weighted by Crippen LogP contribution is -2.48. The molecule has 0 aromatic carbocycles. The molecule has 1 fully saturated rings. The van der Waals surface area contributed by atoms with Gasteiger partial charge in [-0.15, -0.1) is 0 Å². The number of methoxy groups -OCH3 is 1. The summed E-state index contributed by atoms with van der Waals surface area (Å²) in [6.45, 7) is 9.35. The van der Waals surface area contributed by atoms with E-state index in [2.05, 4.69) is 18.7 Å². The summed E-state index contributed by atoms with van der Waals surface area (Å²) in [5.74, 6) is 0. The number of aliphatic hydroxyl groups excluding tert-OH is 1. The van der Waals surface area contributed by atoms with E-state index in [1.54, 1.807) is 7.11 Å². The molecule has 1 aliphatic rings. The van der Waals surface area contributed by atoms with E-state index in [0.717, 1.165) is 13.1 Å². The van der Waals surface area contributed by atoms with E-state index in [1.165, 1.54) is 0 Å². The Bertz CT molecular complexity index is 217. The van der Waals surface area contributed by atoms with Gasteiger partial charge in [0.1, 0.15) is 0 Å². The van der Waals surface area contributed by atoms with Gasteiger partial charge in [0.2, 0.25) is 0 Å². The van der Waals surface area contributed by atoms with Crippen LogP contribution in [0.1, 0.15) is 20.8 Å². The lowest BCUT2D eigenvalue weighted by Gasteiger charge is -2.36. The second-order valence-corrected chi connectivity index (χ2v) is 5.23. The van der Waals surface area contributed by atoms with Crippen molar-refractivity contribution in [1.82, 2.24) is 4.90 Å². The molecule has 0 saturated carbocycles. The Balaban J connectivity index is 2.20. The summed E-state index contributed by atoms with van der Waals surface area (Å²) in [5, 5.41) is 9.94. The number of rotatable bonds is 7. The molecule has 0 amide bonds. The van der Waals surface area contributed by atoms with Crippen molar-refractivity contribution in [3.63, 3.8) is 0 Å². The van der Waals surface area contributed by atoms with Crippen LogP contribution in [0.25, 0.3) is 0 Å². The number of aliphatic hydroxyl groups is 1. The fourth-order valence-corrected chi connectivity index (χ4v) is 2.34. The highest BCUT2D eigenvalue weighted by molar-refractivity contribution is 4.75. The van der Waals surface area contributed by atoms with E-state index in [9.17, 15) is 5.11 Å². The molecule has 4 atom stereocenters. The van der Waals surface area contributed by atoms with Crippen molar-refractivity contribution in [1.29, 1.82) is 0 Å². The van der Waals surface area contributed by atoms with Gasteiger partial charge in [-0.1, -0.05) is 0 Å². The van der Waals surface area contributed by atoms with E-state index < -0.39 is 6.10 Å². The van der Waals surface area contributed by atoms with E-state index >= 15 is 0 Å². The Morgan fingerprint density at radius 3 is 2.44 bits per heavy atom. The average Bonchev–Trinajstić information content (AvgIpc) is 2.25. The van der Waals surface area contributed by atoms with Crippen LogP contribution in [0.2, 0.25) is 0 Å². The third kappa shape index (κ3) is 6.11. The van der Waals surface area contributed by atoms with Gasteiger partial charge in [0.05, 0.1) is 37.6 Å². The first kappa shape index (κ1) is 15.9. The van der Waals surface area contributed by atoms with Crippen LogP contribution >= 0.6 is 0 Å². The Labute approximate surface area is 110 Å². The zero-order valence-electron chi connectivity index (χ0n) is 12.0. The molecule has 0 aromatic rings. The molecule has 1 aliphatic heterocycles. The van der Waals surface area contributed by atoms with Gasteiger partial charge in [-0.2, -0.15) is 0 Å². The van der Waals surface area contributed by atoms with Crippen molar-refractivity contribution < 1.29 is 19.3 Å². The molecule has 0 aliphatic carbocycles. The molecule has 1 saturated heterocycles. The summed E-state index contributed by atoms with van der Waals surface area (Å²) >= 11 is 0. The third-order valence-corrected chi connectivity index (χ3v) is 2.94. The van der Waals surface area contributed by atoms with Crippen molar-refractivity contribution >= 4 is 0 Å². The van der Waals surface area contributed by atoms with Crippen molar-refractivity contribution in [3.8, 4) is 0 Å². The van der Waals surface area contributed by atoms with Gasteiger partial charge < -0.3 is 19.3 Å². The molecule has 0 radical (unpaired) electrons. The molecule has 0 aromatic heterocycles. The normalized spacial score (nSPS) is 29.2. The monoisotopic (exact) mass is 261 g/mol. The van der Waals surface area contributed by atoms with Crippen LogP contribution in [-0.4, -0.2) is 74.4 Å². The summed E-state index contributed by atoms with van der Waals surface area (Å²) < 4.78 is 16.1. The van der Waals surface area contributed by atoms with E-state index in [-0.39, 0.29) is 18.3 Å². The molecule has 18 heavy (non-hydrogen) atoms. The van der Waals surface area contributed by atoms with Crippen LogP contribution < -0.4 is 0 Å². The summed E-state index contributed by atoms with van der Waals surface area (Å²) in [5.41, 5.74) is 0. The lowest BCUT2D eigenvalue weighted by molar-refractivity contribution is -0.0878. The number of hydrogen-bond donors (Lipinski definition) is 1. The first-order valence-corrected chi connectivity index (χ1v) is 6.67. The maximum atomic E-state index is 9.94. The van der Waals surface area contributed by atoms with Gasteiger partial charge in [0, 0.05) is 26.7 Å². The number of β-amino-alcohol motifs (C(OH)–C–C–N with tert-alkyl or cyclic N) is 1. The molecule has 5 nitrogen and oxygen atoms in total. The fourth-order valence-electron chi connectivity index (χ4n) is 2.34. The van der Waals surface area contributed by atoms with Gasteiger partial charge in [0.15, 0.2) is 0 Å². The summed E-state index contributed by atoms with van der Waals surface area (Å²) in [7, 11) is 1.65. The van der Waals surface area contributed by atoms with E-state index in [4.69, 9.17) is 14.2 Å². The van der Waals surface area contributed by atoms with E-state index in [0.29, 0.717) is 19.8 Å². The highest BCUT2D eigenvalue weighted by Crippen LogP contribution is 2.11. The fraction of sp³-hybridized carbons (Fsp3) is 1.00. The molecular weight excluding hydrogens is 234 g/mol. The van der Waals surface area contributed by atoms with Crippen LogP contribution in [-0.2, 0) is 14.2 Å². The largest absolute Gasteiger partial charge is 0.389 e. The maximum absolute atomic E-state index is 9.94. The molecule has 1 rings (SSSR count). The van der Waals surface area contributed by atoms with Crippen LogP contribution in [0.3, 0.4) is 0 Å². The van der Waals surface area contributed by atoms with Gasteiger partial charge in [-0.05, 0) is 20.8 Å². The minimum atomic E-state index is -0.457. The highest BCUT2D eigenvalue weighted by Gasteiger charge is 2.23. The molecule has 0 spiro atoms. The van der Waals surface area contributed by atoms with Crippen LogP contribution in [0.15, 0.2) is 0 Å². The van der Waals surface area contributed by atoms with E-state index in [1.807, 2.05) is 6.92 Å². The molecular formula is C13H27NO4. The molecule has 0 bridgehead atoms. The first-order valence-electron chi connectivity index (χ1n) is 6.67. The number of nitrogens with zero attached hydrogens (tertiary/aromatic N) is 1. The van der Waals surface area contributed by atoms with Crippen molar-refractivity contribution in [3.05, 3.63) is 0 Å². The molecule has 2 unspecified atom stereocenters. The number of morpholine rings is 1. The Morgan fingerprint density at radius 1 is 1.28 bits per heavy atom. The average molecular weight is 261 g/mol. The minimum Gasteiger partial charge on any atom is -0.389 e. The predicted octanol–water partition coefficient (Wildman–Crippen LogP) is 0.508. The number of ether oxygens (including phenoxy) is 3. The molecule has 1 heterocycles. The molecule has 5 heteroatoms. The summed E-state index contributed by atoms with van der Waals surface area (Å²) in [6, 6.07) is 0. The van der Waals surface area contributed by atoms with Crippen LogP contribution in [0.4, 0.5) is 0 Å². The zero-order valence-corrected chi connectivity index (χ0v) is 12.0. The third-order valence-electron chi connectivity index (χ3n) is 2.94. The van der Waals surface area contributed by atoms with Crippen LogP contribution in [0.5, 0.6) is 0 Å². The first-order chi connectivity index (χ1) is 8.51. The minimum absolute atomic E-state index is 0.0205. The van der Waals surface area contributed by atoms with Crippen LogP contribution in [0, 0.1) is 0 Å². The topological polar surface area (TPSA) is 51.2 Å². The summed E-state index contributed by atoms with van der Waals surface area (Å²) in [4.78, 5) is 2.23. The summed E-state index contributed by atoms with van der Waals surface area (Å²) in [6.07, 6.45) is 0.0255. The number of hydrogen-bond acceptors (Lipinski definition) is 5. The molecule has 108 valence electrons. The predicted molar refractivity (Wildman–Crippen MR) is 69.7 cm³/mol. The second-order valence-electron chi connectivity index (χ2n) is 5.23. The molecule has 1 N–H and O–H groups in total. The Hall–Kier alpha value is -0.200. The van der Waals surface area contributed by atoms with Crippen molar-refractivity contribution in [2.24, 2.45) is 0 Å². The highest BCUT2D eigenvalue weighted by atomic mass is 16.5. The standard InChI is InChI=1S/C13H27NO4/c1-10-5-14(6-11(2)18-10)7-13(15)9-17-12(3)8-16-4/h10-13,15H,5-9H2,1-4H3/t10-,11+,12?,13?. The van der Waals surface area contributed by atoms with Crippen molar-refractivity contribution in [2.75, 3.05) is 40.0 Å². The van der Waals surface area contributed by atoms with Gasteiger partial charge in [-0.3, -0.25) is 4.90 Å². The quantitative estimate of drug-likeness (QED) is 0.723. The lowest BCUT2D eigenvalue weighted by atomic mass is 10.2. The Kier molecular flexibility index (Phi) is 7.11. The van der Waals surface area contributed by atoms with Gasteiger partial charge in [0.25, 0.3) is 0 Å². The van der Waals surface area contributed by atoms with Crippen molar-refractivity contribution in [2.45, 2.75) is 45.2 Å².